The van der Waals surface area contributed by atoms with Crippen LogP contribution in [0.1, 0.15) is 43.4 Å². The third-order valence-electron chi connectivity index (χ3n) is 3.81. The summed E-state index contributed by atoms with van der Waals surface area (Å²) in [6, 6.07) is 0. The van der Waals surface area contributed by atoms with Gasteiger partial charge in [-0.25, -0.2) is 8.78 Å². The maximum atomic E-state index is 14.5. The molecule has 0 amide bonds. The summed E-state index contributed by atoms with van der Waals surface area (Å²) in [5.41, 5.74) is -0.773. The number of thiophene rings is 1. The number of carbonyl (C=O) groups is 1. The van der Waals surface area contributed by atoms with Crippen LogP contribution < -0.4 is 0 Å². The molecule has 1 aliphatic rings. The Hall–Kier alpha value is -0.0100. The fourth-order valence-corrected chi connectivity index (χ4v) is 5.23. The van der Waals surface area contributed by atoms with E-state index in [-0.39, 0.29) is 11.3 Å². The largest absolute Gasteiger partial charge is 0.481 e. The Morgan fingerprint density at radius 3 is 2.45 bits per heavy atom. The standard InChI is InChI=1S/C13H14Br2F2O2S/c14-8-6-20-11(10(8)15)13(16,17)7-12(5-9(18)19)3-1-2-4-12/h6H,1-5,7H2,(H,18,19). The van der Waals surface area contributed by atoms with Crippen LogP contribution in [0.25, 0.3) is 0 Å². The lowest BCUT2D eigenvalue weighted by Crippen LogP contribution is -2.29. The molecular weight excluding hydrogens is 418 g/mol. The molecule has 112 valence electrons. The minimum Gasteiger partial charge on any atom is -0.481 e. The van der Waals surface area contributed by atoms with E-state index >= 15 is 0 Å². The topological polar surface area (TPSA) is 37.3 Å². The third kappa shape index (κ3) is 3.42. The second kappa shape index (κ2) is 6.01. The van der Waals surface area contributed by atoms with Crippen molar-refractivity contribution in [3.8, 4) is 0 Å². The monoisotopic (exact) mass is 430 g/mol. The van der Waals surface area contributed by atoms with E-state index < -0.39 is 23.7 Å². The van der Waals surface area contributed by atoms with E-state index in [1.807, 2.05) is 0 Å². The van der Waals surface area contributed by atoms with Crippen LogP contribution in [0.15, 0.2) is 14.3 Å². The van der Waals surface area contributed by atoms with Crippen molar-refractivity contribution in [3.63, 3.8) is 0 Å². The Kier molecular flexibility index (Phi) is 4.91. The van der Waals surface area contributed by atoms with Crippen molar-refractivity contribution in [2.75, 3.05) is 0 Å². The van der Waals surface area contributed by atoms with Crippen LogP contribution in [-0.4, -0.2) is 11.1 Å². The van der Waals surface area contributed by atoms with Crippen molar-refractivity contribution in [1.29, 1.82) is 0 Å². The summed E-state index contributed by atoms with van der Waals surface area (Å²) in [7, 11) is 0. The Labute approximate surface area is 136 Å². The van der Waals surface area contributed by atoms with Gasteiger partial charge in [-0.05, 0) is 50.1 Å². The third-order valence-corrected chi connectivity index (χ3v) is 7.45. The van der Waals surface area contributed by atoms with Crippen LogP contribution in [0.3, 0.4) is 0 Å². The number of carboxylic acids is 1. The molecule has 0 saturated heterocycles. The molecule has 1 saturated carbocycles. The molecule has 0 radical (unpaired) electrons. The normalized spacial score (nSPS) is 18.4. The zero-order chi connectivity index (χ0) is 15.0. The van der Waals surface area contributed by atoms with Crippen LogP contribution >= 0.6 is 43.2 Å². The van der Waals surface area contributed by atoms with Crippen molar-refractivity contribution in [2.45, 2.75) is 44.4 Å². The molecule has 0 aliphatic heterocycles. The fourth-order valence-electron chi connectivity index (χ4n) is 2.98. The highest BCUT2D eigenvalue weighted by Gasteiger charge is 2.47. The molecule has 0 atom stereocenters. The quantitative estimate of drug-likeness (QED) is 0.640. The highest BCUT2D eigenvalue weighted by Crippen LogP contribution is 2.53. The lowest BCUT2D eigenvalue weighted by atomic mass is 9.77. The van der Waals surface area contributed by atoms with E-state index in [9.17, 15) is 13.6 Å². The molecule has 1 N–H and O–H groups in total. The van der Waals surface area contributed by atoms with Gasteiger partial charge in [-0.3, -0.25) is 4.79 Å². The summed E-state index contributed by atoms with van der Waals surface area (Å²) in [5.74, 6) is -4.00. The smallest absolute Gasteiger partial charge is 0.303 e. The molecule has 0 aromatic carbocycles. The van der Waals surface area contributed by atoms with Gasteiger partial charge in [-0.1, -0.05) is 12.8 Å². The van der Waals surface area contributed by atoms with Crippen LogP contribution in [0.2, 0.25) is 0 Å². The zero-order valence-electron chi connectivity index (χ0n) is 10.6. The molecule has 0 bridgehead atoms. The number of hydrogen-bond donors (Lipinski definition) is 1. The molecule has 1 heterocycles. The number of halogens is 4. The number of alkyl halides is 2. The minimum atomic E-state index is -3.00. The first-order chi connectivity index (χ1) is 9.26. The zero-order valence-corrected chi connectivity index (χ0v) is 14.6. The van der Waals surface area contributed by atoms with E-state index in [0.717, 1.165) is 24.2 Å². The summed E-state index contributed by atoms with van der Waals surface area (Å²) in [6.07, 6.45) is 2.24. The van der Waals surface area contributed by atoms with Crippen molar-refractivity contribution >= 4 is 49.2 Å². The summed E-state index contributed by atoms with van der Waals surface area (Å²) in [5, 5.41) is 10.6. The molecule has 2 nitrogen and oxygen atoms in total. The van der Waals surface area contributed by atoms with Gasteiger partial charge >= 0.3 is 5.97 Å². The van der Waals surface area contributed by atoms with Gasteiger partial charge in [0, 0.05) is 16.3 Å². The fraction of sp³-hybridized carbons (Fsp3) is 0.615. The highest BCUT2D eigenvalue weighted by molar-refractivity contribution is 9.13. The number of aliphatic carboxylic acids is 1. The molecule has 20 heavy (non-hydrogen) atoms. The molecule has 1 aromatic rings. The van der Waals surface area contributed by atoms with Gasteiger partial charge in [0.25, 0.3) is 5.92 Å². The number of hydrogen-bond acceptors (Lipinski definition) is 2. The summed E-state index contributed by atoms with van der Waals surface area (Å²) >= 11 is 7.38. The predicted molar refractivity (Wildman–Crippen MR) is 81.4 cm³/mol. The molecule has 1 fully saturated rings. The Bertz CT molecular complexity index is 510. The average molecular weight is 432 g/mol. The maximum Gasteiger partial charge on any atom is 0.303 e. The lowest BCUT2D eigenvalue weighted by Gasteiger charge is -2.31. The molecule has 1 aliphatic carbocycles. The van der Waals surface area contributed by atoms with E-state index in [0.29, 0.717) is 21.8 Å². The van der Waals surface area contributed by atoms with Gasteiger partial charge in [0.15, 0.2) is 0 Å². The lowest BCUT2D eigenvalue weighted by molar-refractivity contribution is -0.141. The maximum absolute atomic E-state index is 14.5. The van der Waals surface area contributed by atoms with Crippen molar-refractivity contribution in [3.05, 3.63) is 19.2 Å². The first kappa shape index (κ1) is 16.4. The molecule has 0 spiro atoms. The van der Waals surface area contributed by atoms with Crippen LogP contribution in [-0.2, 0) is 10.7 Å². The SMILES string of the molecule is O=C(O)CC1(CC(F)(F)c2scc(Br)c2Br)CCCC1. The molecule has 1 aromatic heterocycles. The van der Waals surface area contributed by atoms with Crippen molar-refractivity contribution in [1.82, 2.24) is 0 Å². The van der Waals surface area contributed by atoms with E-state index in [1.54, 1.807) is 5.38 Å². The Balaban J connectivity index is 2.25. The van der Waals surface area contributed by atoms with Gasteiger partial charge in [0.1, 0.15) is 0 Å². The average Bonchev–Trinajstić information content (AvgIpc) is 2.86. The number of rotatable bonds is 5. The Morgan fingerprint density at radius 2 is 2.00 bits per heavy atom. The van der Waals surface area contributed by atoms with Crippen LogP contribution in [0.5, 0.6) is 0 Å². The Morgan fingerprint density at radius 1 is 1.40 bits per heavy atom. The van der Waals surface area contributed by atoms with Crippen molar-refractivity contribution in [2.24, 2.45) is 5.41 Å². The predicted octanol–water partition coefficient (Wildman–Crippen LogP) is 5.79. The number of carboxylic acid groups (broad SMARTS) is 1. The van der Waals surface area contributed by atoms with E-state index in [4.69, 9.17) is 5.11 Å². The molecular formula is C13H14Br2F2O2S. The van der Waals surface area contributed by atoms with Gasteiger partial charge in [-0.2, -0.15) is 0 Å². The van der Waals surface area contributed by atoms with Gasteiger partial charge in [0.05, 0.1) is 15.8 Å². The van der Waals surface area contributed by atoms with Gasteiger partial charge < -0.3 is 5.11 Å². The summed E-state index contributed by atoms with van der Waals surface area (Å²) in [4.78, 5) is 11.0. The summed E-state index contributed by atoms with van der Waals surface area (Å²) in [6.45, 7) is 0. The first-order valence-corrected chi connectivity index (χ1v) is 8.75. The minimum absolute atomic E-state index is 0.0268. The first-order valence-electron chi connectivity index (χ1n) is 6.28. The highest BCUT2D eigenvalue weighted by atomic mass is 79.9. The van der Waals surface area contributed by atoms with Crippen LogP contribution in [0.4, 0.5) is 8.78 Å². The molecule has 0 unspecified atom stereocenters. The molecule has 2 rings (SSSR count). The molecule has 7 heteroatoms. The summed E-state index contributed by atoms with van der Waals surface area (Å²) < 4.78 is 30.1. The van der Waals surface area contributed by atoms with Gasteiger partial charge in [0.2, 0.25) is 0 Å². The van der Waals surface area contributed by atoms with Gasteiger partial charge in [-0.15, -0.1) is 11.3 Å². The van der Waals surface area contributed by atoms with Crippen LogP contribution in [0, 0.1) is 5.41 Å². The second-order valence-electron chi connectivity index (χ2n) is 5.39. The van der Waals surface area contributed by atoms with Crippen molar-refractivity contribution < 1.29 is 18.7 Å². The van der Waals surface area contributed by atoms with E-state index in [1.165, 1.54) is 0 Å². The van der Waals surface area contributed by atoms with E-state index in [2.05, 4.69) is 31.9 Å². The second-order valence-corrected chi connectivity index (χ2v) is 7.91.